The van der Waals surface area contributed by atoms with E-state index in [2.05, 4.69) is 31.9 Å². The number of halogens is 4. The molecule has 1 heterocycles. The summed E-state index contributed by atoms with van der Waals surface area (Å²) in [7, 11) is 1.54. The SMILES string of the molecule is COc1c(Br)cc(Br)cc1/C=C1\SC(=O)N(Cc2ccc(Cl)c(Cl)c2)C1=O. The molecule has 0 spiro atoms. The van der Waals surface area contributed by atoms with Crippen molar-refractivity contribution in [3.8, 4) is 5.75 Å². The quantitative estimate of drug-likeness (QED) is 0.394. The first-order chi connectivity index (χ1) is 12.8. The summed E-state index contributed by atoms with van der Waals surface area (Å²) in [6, 6.07) is 8.67. The van der Waals surface area contributed by atoms with Crippen molar-refractivity contribution < 1.29 is 14.3 Å². The Kier molecular flexibility index (Phi) is 6.58. The number of hydrogen-bond acceptors (Lipinski definition) is 4. The van der Waals surface area contributed by atoms with Gasteiger partial charge < -0.3 is 4.74 Å². The van der Waals surface area contributed by atoms with Gasteiger partial charge in [0, 0.05) is 10.0 Å². The molecule has 1 saturated heterocycles. The topological polar surface area (TPSA) is 46.6 Å². The Labute approximate surface area is 187 Å². The van der Waals surface area contributed by atoms with Gasteiger partial charge in [0.15, 0.2) is 0 Å². The van der Waals surface area contributed by atoms with Crippen LogP contribution in [0, 0.1) is 0 Å². The largest absolute Gasteiger partial charge is 0.495 e. The van der Waals surface area contributed by atoms with Crippen LogP contribution in [0.3, 0.4) is 0 Å². The monoisotopic (exact) mass is 549 g/mol. The van der Waals surface area contributed by atoms with Crippen LogP contribution >= 0.6 is 66.8 Å². The van der Waals surface area contributed by atoms with Crippen molar-refractivity contribution in [3.63, 3.8) is 0 Å². The number of rotatable bonds is 4. The summed E-state index contributed by atoms with van der Waals surface area (Å²) in [6.07, 6.45) is 1.65. The Hall–Kier alpha value is -0.990. The van der Waals surface area contributed by atoms with Gasteiger partial charge >= 0.3 is 0 Å². The lowest BCUT2D eigenvalue weighted by molar-refractivity contribution is -0.123. The molecule has 2 aromatic rings. The van der Waals surface area contributed by atoms with E-state index < -0.39 is 0 Å². The minimum atomic E-state index is -0.366. The van der Waals surface area contributed by atoms with Crippen molar-refractivity contribution in [1.82, 2.24) is 4.90 Å². The molecule has 140 valence electrons. The molecule has 0 N–H and O–H groups in total. The summed E-state index contributed by atoms with van der Waals surface area (Å²) < 4.78 is 6.94. The van der Waals surface area contributed by atoms with E-state index >= 15 is 0 Å². The predicted molar refractivity (Wildman–Crippen MR) is 116 cm³/mol. The third-order valence-electron chi connectivity index (χ3n) is 3.73. The molecule has 0 aromatic heterocycles. The fourth-order valence-electron chi connectivity index (χ4n) is 2.50. The zero-order valence-corrected chi connectivity index (χ0v) is 19.3. The van der Waals surface area contributed by atoms with E-state index in [0.717, 1.165) is 26.3 Å². The highest BCUT2D eigenvalue weighted by atomic mass is 79.9. The molecule has 0 unspecified atom stereocenters. The van der Waals surface area contributed by atoms with Gasteiger partial charge in [0.05, 0.1) is 33.1 Å². The number of carbonyl (C=O) groups excluding carboxylic acids is 2. The lowest BCUT2D eigenvalue weighted by Gasteiger charge is -2.13. The number of nitrogens with zero attached hydrogens (tertiary/aromatic N) is 1. The highest BCUT2D eigenvalue weighted by Crippen LogP contribution is 2.38. The number of methoxy groups -OCH3 is 1. The molecule has 1 aliphatic rings. The van der Waals surface area contributed by atoms with E-state index in [0.29, 0.717) is 26.3 Å². The maximum absolute atomic E-state index is 12.7. The molecule has 0 radical (unpaired) electrons. The first-order valence-electron chi connectivity index (χ1n) is 7.52. The van der Waals surface area contributed by atoms with Crippen LogP contribution in [-0.4, -0.2) is 23.2 Å². The van der Waals surface area contributed by atoms with Gasteiger partial charge in [-0.25, -0.2) is 0 Å². The third kappa shape index (κ3) is 4.54. The second kappa shape index (κ2) is 8.57. The summed E-state index contributed by atoms with van der Waals surface area (Å²) in [5.41, 5.74) is 1.40. The van der Waals surface area contributed by atoms with Crippen LogP contribution < -0.4 is 4.74 Å². The first kappa shape index (κ1) is 20.7. The fraction of sp³-hybridized carbons (Fsp3) is 0.111. The fourth-order valence-corrected chi connectivity index (χ4v) is 5.07. The first-order valence-corrected chi connectivity index (χ1v) is 10.7. The van der Waals surface area contributed by atoms with Gasteiger partial charge in [-0.15, -0.1) is 0 Å². The van der Waals surface area contributed by atoms with E-state index in [1.54, 1.807) is 31.4 Å². The van der Waals surface area contributed by atoms with Crippen LogP contribution in [-0.2, 0) is 11.3 Å². The summed E-state index contributed by atoms with van der Waals surface area (Å²) in [6.45, 7) is 0.123. The second-order valence-electron chi connectivity index (χ2n) is 5.53. The van der Waals surface area contributed by atoms with Crippen LogP contribution in [0.4, 0.5) is 4.79 Å². The number of thioether (sulfide) groups is 1. The molecule has 3 rings (SSSR count). The van der Waals surface area contributed by atoms with Crippen molar-refractivity contribution in [2.24, 2.45) is 0 Å². The minimum Gasteiger partial charge on any atom is -0.495 e. The number of carbonyl (C=O) groups is 2. The normalized spacial score (nSPS) is 15.7. The van der Waals surface area contributed by atoms with Crippen molar-refractivity contribution in [2.45, 2.75) is 6.54 Å². The molecule has 1 aliphatic heterocycles. The number of imide groups is 1. The molecular weight excluding hydrogens is 541 g/mol. The van der Waals surface area contributed by atoms with Gasteiger partial charge in [-0.05, 0) is 63.6 Å². The van der Waals surface area contributed by atoms with Crippen molar-refractivity contribution in [1.29, 1.82) is 0 Å². The molecule has 2 aromatic carbocycles. The Morgan fingerprint density at radius 3 is 2.56 bits per heavy atom. The lowest BCUT2D eigenvalue weighted by atomic mass is 10.1. The Bertz CT molecular complexity index is 981. The van der Waals surface area contributed by atoms with E-state index in [9.17, 15) is 9.59 Å². The molecular formula is C18H11Br2Cl2NO3S. The summed E-state index contributed by atoms with van der Waals surface area (Å²) in [5.74, 6) is 0.212. The van der Waals surface area contributed by atoms with E-state index in [1.165, 1.54) is 4.90 Å². The molecule has 0 aliphatic carbocycles. The zero-order valence-electron chi connectivity index (χ0n) is 13.8. The Morgan fingerprint density at radius 1 is 1.15 bits per heavy atom. The van der Waals surface area contributed by atoms with Crippen LogP contribution in [0.1, 0.15) is 11.1 Å². The van der Waals surface area contributed by atoms with Gasteiger partial charge in [-0.3, -0.25) is 14.5 Å². The van der Waals surface area contributed by atoms with Crippen LogP contribution in [0.25, 0.3) is 6.08 Å². The highest BCUT2D eigenvalue weighted by Gasteiger charge is 2.35. The summed E-state index contributed by atoms with van der Waals surface area (Å²) in [5, 5.41) is 0.451. The van der Waals surface area contributed by atoms with Crippen molar-refractivity contribution in [3.05, 3.63) is 65.4 Å². The number of amides is 2. The molecule has 0 saturated carbocycles. The van der Waals surface area contributed by atoms with E-state index in [-0.39, 0.29) is 17.7 Å². The summed E-state index contributed by atoms with van der Waals surface area (Å²) >= 11 is 19.6. The van der Waals surface area contributed by atoms with Gasteiger partial charge in [0.2, 0.25) is 0 Å². The van der Waals surface area contributed by atoms with Crippen molar-refractivity contribution >= 4 is 84.0 Å². The Balaban J connectivity index is 1.90. The van der Waals surface area contributed by atoms with Gasteiger partial charge in [0.25, 0.3) is 11.1 Å². The maximum atomic E-state index is 12.7. The Morgan fingerprint density at radius 2 is 1.89 bits per heavy atom. The van der Waals surface area contributed by atoms with E-state index in [4.69, 9.17) is 27.9 Å². The molecule has 2 amide bonds. The van der Waals surface area contributed by atoms with Crippen LogP contribution in [0.15, 0.2) is 44.2 Å². The second-order valence-corrected chi connectivity index (χ2v) is 9.10. The predicted octanol–water partition coefficient (Wildman–Crippen LogP) is 6.76. The summed E-state index contributed by atoms with van der Waals surface area (Å²) in [4.78, 5) is 26.6. The molecule has 9 heteroatoms. The van der Waals surface area contributed by atoms with Crippen LogP contribution in [0.5, 0.6) is 5.75 Å². The molecule has 27 heavy (non-hydrogen) atoms. The standard InChI is InChI=1S/C18H11Br2Cl2NO3S/c1-26-16-10(5-11(19)7-12(16)20)6-15-17(24)23(18(25)27-15)8-9-2-3-13(21)14(22)4-9/h2-7H,8H2,1H3/b15-6-. The molecule has 0 atom stereocenters. The van der Waals surface area contributed by atoms with Gasteiger partial charge in [-0.2, -0.15) is 0 Å². The average Bonchev–Trinajstić information content (AvgIpc) is 2.85. The highest BCUT2D eigenvalue weighted by molar-refractivity contribution is 9.11. The van der Waals surface area contributed by atoms with Gasteiger partial charge in [0.1, 0.15) is 5.75 Å². The maximum Gasteiger partial charge on any atom is 0.293 e. The average molecular weight is 552 g/mol. The number of ether oxygens (including phenoxy) is 1. The van der Waals surface area contributed by atoms with Crippen molar-refractivity contribution in [2.75, 3.05) is 7.11 Å². The van der Waals surface area contributed by atoms with Crippen LogP contribution in [0.2, 0.25) is 10.0 Å². The molecule has 4 nitrogen and oxygen atoms in total. The van der Waals surface area contributed by atoms with Gasteiger partial charge in [-0.1, -0.05) is 45.2 Å². The molecule has 0 bridgehead atoms. The number of benzene rings is 2. The lowest BCUT2D eigenvalue weighted by Crippen LogP contribution is -2.27. The van der Waals surface area contributed by atoms with E-state index in [1.807, 2.05) is 12.1 Å². The minimum absolute atomic E-state index is 0.123. The smallest absolute Gasteiger partial charge is 0.293 e. The molecule has 1 fully saturated rings. The number of hydrogen-bond donors (Lipinski definition) is 0. The zero-order chi connectivity index (χ0) is 19.7. The third-order valence-corrected chi connectivity index (χ3v) is 6.42.